The van der Waals surface area contributed by atoms with Gasteiger partial charge in [0, 0.05) is 119 Å². The van der Waals surface area contributed by atoms with E-state index in [0.717, 1.165) is 112 Å². The predicted octanol–water partition coefficient (Wildman–Crippen LogP) is 7.05. The fraction of sp³-hybridized carbons (Fsp3) is 0.471. The average Bonchev–Trinajstić information content (AvgIpc) is 3.69. The zero-order valence-electron chi connectivity index (χ0n) is 41.0. The molecule has 0 radical (unpaired) electrons. The number of halogens is 1. The Hall–Kier alpha value is -5.88. The molecule has 3 aromatic heterocycles. The summed E-state index contributed by atoms with van der Waals surface area (Å²) in [4.78, 5) is 66.1. The molecule has 1 atom stereocenters. The number of piperidine rings is 2. The third-order valence-corrected chi connectivity index (χ3v) is 16.6. The monoisotopic (exact) mass is 1050 g/mol. The summed E-state index contributed by atoms with van der Waals surface area (Å²) >= 11 is 3.64. The number of nitrogens with zero attached hydrogens (tertiary/aromatic N) is 9. The number of amides is 2. The fourth-order valence-corrected chi connectivity index (χ4v) is 12.6. The summed E-state index contributed by atoms with van der Waals surface area (Å²) in [5, 5.41) is 10.7. The minimum Gasteiger partial charge on any atom is -0.492 e. The van der Waals surface area contributed by atoms with E-state index in [0.29, 0.717) is 63.3 Å². The second-order valence-corrected chi connectivity index (χ2v) is 23.4. The summed E-state index contributed by atoms with van der Waals surface area (Å²) in [6, 6.07) is 13.6. The Balaban J connectivity index is 0.743. The first-order valence-electron chi connectivity index (χ1n) is 24.9. The molecular formula is C51H62BrN12O6P. The molecule has 2 amide bonds. The number of hydrogen-bond donors (Lipinski definition) is 3. The van der Waals surface area contributed by atoms with Crippen LogP contribution in [0.3, 0.4) is 0 Å². The summed E-state index contributed by atoms with van der Waals surface area (Å²) in [5.41, 5.74) is 6.58. The van der Waals surface area contributed by atoms with Gasteiger partial charge in [0.2, 0.25) is 17.8 Å². The highest BCUT2D eigenvalue weighted by Crippen LogP contribution is 2.43. The number of nitrogens with one attached hydrogen (secondary N) is 3. The van der Waals surface area contributed by atoms with E-state index in [2.05, 4.69) is 85.5 Å². The number of aromatic nitrogens is 5. The minimum atomic E-state index is -2.78. The molecule has 4 aliphatic heterocycles. The van der Waals surface area contributed by atoms with Gasteiger partial charge in [-0.2, -0.15) is 4.98 Å². The van der Waals surface area contributed by atoms with Crippen molar-refractivity contribution in [2.45, 2.75) is 71.4 Å². The topological polar surface area (TPSA) is 196 Å². The Morgan fingerprint density at radius 2 is 1.65 bits per heavy atom. The first-order chi connectivity index (χ1) is 34.3. The number of carbonyl (C=O) groups is 2. The molecule has 71 heavy (non-hydrogen) atoms. The van der Waals surface area contributed by atoms with Gasteiger partial charge in [0.25, 0.3) is 0 Å². The maximum Gasteiger partial charge on any atom is 0.420 e. The van der Waals surface area contributed by atoms with Gasteiger partial charge in [-0.15, -0.1) is 0 Å². The van der Waals surface area contributed by atoms with Crippen molar-refractivity contribution in [3.8, 4) is 5.75 Å². The molecule has 0 spiro atoms. The molecule has 18 nitrogen and oxygen atoms in total. The number of carbonyl (C=O) groups excluding carboxylic acids is 2. The van der Waals surface area contributed by atoms with E-state index in [9.17, 15) is 18.9 Å². The maximum atomic E-state index is 13.7. The maximum absolute atomic E-state index is 13.7. The highest BCUT2D eigenvalue weighted by molar-refractivity contribution is 9.10. The number of hydrogen-bond acceptors (Lipinski definition) is 16. The SMILES string of the molecule is CCOc1cc(N2CCC(N3CCN(CC4CN(c5cccc6c5oc(=O)n6C5CCC(=O)NC5=O)C4)CC3)CC2)c(CC)cc1Nc1ncc(Br)c(Nc2ccc3nc(CC)ncc3c2P(C)(C)=O)n1. The molecule has 374 valence electrons. The van der Waals surface area contributed by atoms with Crippen molar-refractivity contribution in [2.24, 2.45) is 5.92 Å². The molecule has 0 bridgehead atoms. The molecule has 4 saturated heterocycles. The van der Waals surface area contributed by atoms with Gasteiger partial charge in [0.15, 0.2) is 5.58 Å². The normalized spacial score (nSPS) is 18.8. The van der Waals surface area contributed by atoms with Gasteiger partial charge in [-0.3, -0.25) is 24.4 Å². The van der Waals surface area contributed by atoms with E-state index >= 15 is 0 Å². The van der Waals surface area contributed by atoms with E-state index in [1.54, 1.807) is 25.7 Å². The fourth-order valence-electron chi connectivity index (χ4n) is 10.9. The van der Waals surface area contributed by atoms with Crippen LogP contribution in [0.4, 0.5) is 34.5 Å². The quantitative estimate of drug-likeness (QED) is 0.0699. The van der Waals surface area contributed by atoms with Crippen molar-refractivity contribution in [1.82, 2.24) is 39.6 Å². The number of ether oxygens (including phenoxy) is 1. The Labute approximate surface area is 421 Å². The lowest BCUT2D eigenvalue weighted by Crippen LogP contribution is -2.57. The first-order valence-corrected chi connectivity index (χ1v) is 28.3. The summed E-state index contributed by atoms with van der Waals surface area (Å²) in [6.07, 6.45) is 7.68. The number of oxazole rings is 1. The van der Waals surface area contributed by atoms with E-state index < -0.39 is 24.8 Å². The van der Waals surface area contributed by atoms with Crippen LogP contribution in [0.15, 0.2) is 68.5 Å². The van der Waals surface area contributed by atoms with Crippen LogP contribution in [0.25, 0.3) is 22.0 Å². The minimum absolute atomic E-state index is 0.188. The van der Waals surface area contributed by atoms with Gasteiger partial charge >= 0.3 is 5.76 Å². The van der Waals surface area contributed by atoms with Gasteiger partial charge < -0.3 is 39.1 Å². The summed E-state index contributed by atoms with van der Waals surface area (Å²) in [7, 11) is -2.78. The van der Waals surface area contributed by atoms with Crippen molar-refractivity contribution in [2.75, 3.05) is 99.3 Å². The average molecular weight is 1050 g/mol. The molecule has 7 heterocycles. The van der Waals surface area contributed by atoms with Crippen LogP contribution in [-0.4, -0.2) is 131 Å². The molecular weight excluding hydrogens is 988 g/mol. The smallest absolute Gasteiger partial charge is 0.420 e. The molecule has 3 aromatic carbocycles. The Morgan fingerprint density at radius 3 is 2.37 bits per heavy atom. The number of imide groups is 1. The number of para-hydroxylation sites is 1. The molecule has 3 N–H and O–H groups in total. The zero-order chi connectivity index (χ0) is 49.6. The predicted molar refractivity (Wildman–Crippen MR) is 282 cm³/mol. The highest BCUT2D eigenvalue weighted by atomic mass is 79.9. The number of rotatable bonds is 15. The van der Waals surface area contributed by atoms with Gasteiger partial charge in [0.05, 0.1) is 39.2 Å². The lowest BCUT2D eigenvalue weighted by atomic mass is 9.97. The number of piperazine rings is 1. The van der Waals surface area contributed by atoms with Crippen molar-refractivity contribution < 1.29 is 23.3 Å². The zero-order valence-corrected chi connectivity index (χ0v) is 43.5. The largest absolute Gasteiger partial charge is 0.492 e. The van der Waals surface area contributed by atoms with Crippen LogP contribution in [-0.2, 0) is 27.0 Å². The van der Waals surface area contributed by atoms with Crippen molar-refractivity contribution in [1.29, 1.82) is 0 Å². The third-order valence-electron chi connectivity index (χ3n) is 14.4. The van der Waals surface area contributed by atoms with E-state index in [1.807, 2.05) is 44.2 Å². The Bertz CT molecular complexity index is 3100. The lowest BCUT2D eigenvalue weighted by molar-refractivity contribution is -0.135. The Kier molecular flexibility index (Phi) is 13.9. The van der Waals surface area contributed by atoms with Gasteiger partial charge in [-0.05, 0) is 97.8 Å². The molecule has 1 unspecified atom stereocenters. The van der Waals surface area contributed by atoms with E-state index in [-0.39, 0.29) is 18.7 Å². The van der Waals surface area contributed by atoms with Crippen LogP contribution in [0, 0.1) is 5.92 Å². The number of fused-ring (bicyclic) bond motifs is 2. The second kappa shape index (κ2) is 20.3. The number of benzene rings is 3. The summed E-state index contributed by atoms with van der Waals surface area (Å²) < 4.78 is 27.8. The first kappa shape index (κ1) is 48.7. The molecule has 4 aliphatic rings. The van der Waals surface area contributed by atoms with Crippen molar-refractivity contribution in [3.05, 3.63) is 81.3 Å². The second-order valence-electron chi connectivity index (χ2n) is 19.4. The van der Waals surface area contributed by atoms with Gasteiger partial charge in [-0.1, -0.05) is 19.9 Å². The van der Waals surface area contributed by atoms with Gasteiger partial charge in [0.1, 0.15) is 30.6 Å². The standard InChI is InChI=1S/C51H62BrN12O6P/c1-6-32-24-38(57-50-54-27-35(52)48(59-50)56-37-13-12-36-34(47(37)71(4,5)68)26-53-44(7-2)55-36)43(69-8-3)25-42(32)62-18-16-33(17-19-62)61-22-20-60(21-23-61)28-31-29-63(30-31)39-10-9-11-40-46(39)70-51(67)64(40)41-14-15-45(65)58-49(41)66/h9-13,24-27,31,33,41H,6-8,14-23,28-30H2,1-5H3,(H,58,65,66)(H2,54,56,57,59). The molecule has 0 aliphatic carbocycles. The molecule has 20 heteroatoms. The number of anilines is 6. The van der Waals surface area contributed by atoms with Crippen LogP contribution in [0.2, 0.25) is 0 Å². The van der Waals surface area contributed by atoms with Crippen molar-refractivity contribution in [3.63, 3.8) is 0 Å². The molecule has 0 saturated carbocycles. The molecule has 10 rings (SSSR count). The van der Waals surface area contributed by atoms with Gasteiger partial charge in [-0.25, -0.2) is 19.7 Å². The highest BCUT2D eigenvalue weighted by Gasteiger charge is 2.36. The number of aryl methyl sites for hydroxylation is 2. The third kappa shape index (κ3) is 10.0. The van der Waals surface area contributed by atoms with Crippen LogP contribution < -0.4 is 41.5 Å². The summed E-state index contributed by atoms with van der Waals surface area (Å²) in [6.45, 7) is 19.1. The van der Waals surface area contributed by atoms with Crippen LogP contribution in [0.1, 0.15) is 63.9 Å². The van der Waals surface area contributed by atoms with Crippen molar-refractivity contribution >= 4 is 96.7 Å². The lowest BCUT2D eigenvalue weighted by Gasteiger charge is -2.46. The van der Waals surface area contributed by atoms with E-state index in [4.69, 9.17) is 14.1 Å². The molecule has 6 aromatic rings. The van der Waals surface area contributed by atoms with E-state index in [1.165, 1.54) is 15.8 Å². The van der Waals surface area contributed by atoms with Crippen LogP contribution in [0.5, 0.6) is 5.75 Å². The molecule has 4 fully saturated rings. The van der Waals surface area contributed by atoms with Crippen LogP contribution >= 0.6 is 23.1 Å². The summed E-state index contributed by atoms with van der Waals surface area (Å²) in [5.74, 6) is 1.54. The Morgan fingerprint density at radius 1 is 0.859 bits per heavy atom.